The van der Waals surface area contributed by atoms with Gasteiger partial charge in [0, 0.05) is 6.92 Å². The normalized spacial score (nSPS) is 18.4. The van der Waals surface area contributed by atoms with Crippen LogP contribution in [0.4, 0.5) is 9.59 Å². The van der Waals surface area contributed by atoms with Crippen molar-refractivity contribution in [2.45, 2.75) is 46.1 Å². The molecular weight excluding hydrogens is 296 g/mol. The van der Waals surface area contributed by atoms with Crippen molar-refractivity contribution in [3.63, 3.8) is 0 Å². The van der Waals surface area contributed by atoms with E-state index in [0.29, 0.717) is 26.4 Å². The molecule has 0 N–H and O–H groups in total. The largest absolute Gasteiger partial charge is 0.508 e. The maximum absolute atomic E-state index is 10.2. The Morgan fingerprint density at radius 2 is 1.77 bits per heavy atom. The molecule has 0 aromatic carbocycles. The van der Waals surface area contributed by atoms with Crippen LogP contribution in [0.25, 0.3) is 0 Å². The molecule has 2 aliphatic heterocycles. The second-order valence-corrected chi connectivity index (χ2v) is 4.48. The van der Waals surface area contributed by atoms with Crippen LogP contribution in [-0.4, -0.2) is 50.8 Å². The molecule has 0 aromatic rings. The maximum atomic E-state index is 10.2. The number of carbonyl (C=O) groups excluding carboxylic acids is 3. The molecule has 2 saturated heterocycles. The number of hydrogen-bond acceptors (Lipinski definition) is 8. The first-order valence-electron chi connectivity index (χ1n) is 7.22. The standard InChI is InChI=1S/C7H14O2.C4H6O3.C3H4O3/c1-3-4-5-6-9-7(2)8;1-3-2-6-4(5)7-3;4-3-5-1-2-6-3/h3-6H2,1-2H3;3H,2H2,1H3;1-2H2. The summed E-state index contributed by atoms with van der Waals surface area (Å²) >= 11 is 0. The Bertz CT molecular complexity index is 334. The van der Waals surface area contributed by atoms with Gasteiger partial charge in [0.1, 0.15) is 25.9 Å². The van der Waals surface area contributed by atoms with Gasteiger partial charge in [-0.2, -0.15) is 0 Å². The van der Waals surface area contributed by atoms with Gasteiger partial charge in [-0.15, -0.1) is 0 Å². The van der Waals surface area contributed by atoms with Gasteiger partial charge in [-0.3, -0.25) is 4.79 Å². The quantitative estimate of drug-likeness (QED) is 0.442. The smallest absolute Gasteiger partial charge is 0.466 e. The Hall–Kier alpha value is -1.99. The monoisotopic (exact) mass is 320 g/mol. The van der Waals surface area contributed by atoms with Gasteiger partial charge < -0.3 is 23.7 Å². The van der Waals surface area contributed by atoms with E-state index in [1.165, 1.54) is 13.3 Å². The predicted octanol–water partition coefficient (Wildman–Crippen LogP) is 2.43. The zero-order valence-corrected chi connectivity index (χ0v) is 13.3. The van der Waals surface area contributed by atoms with E-state index in [1.54, 1.807) is 6.92 Å². The summed E-state index contributed by atoms with van der Waals surface area (Å²) < 4.78 is 22.2. The van der Waals surface area contributed by atoms with E-state index < -0.39 is 12.3 Å². The van der Waals surface area contributed by atoms with Crippen LogP contribution >= 0.6 is 0 Å². The van der Waals surface area contributed by atoms with Gasteiger partial charge in [-0.25, -0.2) is 9.59 Å². The van der Waals surface area contributed by atoms with Crippen LogP contribution in [0.15, 0.2) is 0 Å². The molecule has 2 aliphatic rings. The number of cyclic esters (lactones) is 4. The number of ether oxygens (including phenoxy) is 5. The van der Waals surface area contributed by atoms with E-state index in [1.807, 2.05) is 0 Å². The van der Waals surface area contributed by atoms with Crippen LogP contribution in [-0.2, 0) is 28.5 Å². The van der Waals surface area contributed by atoms with Crippen LogP contribution in [0.2, 0.25) is 0 Å². The lowest BCUT2D eigenvalue weighted by Gasteiger charge is -1.98. The van der Waals surface area contributed by atoms with E-state index in [-0.39, 0.29) is 12.1 Å². The Kier molecular flexibility index (Phi) is 11.6. The molecule has 1 unspecified atom stereocenters. The third-order valence-corrected chi connectivity index (χ3v) is 2.31. The zero-order chi connectivity index (χ0) is 16.8. The Balaban J connectivity index is 0.000000306. The van der Waals surface area contributed by atoms with Crippen molar-refractivity contribution in [1.82, 2.24) is 0 Å². The van der Waals surface area contributed by atoms with Crippen molar-refractivity contribution in [1.29, 1.82) is 0 Å². The first kappa shape index (κ1) is 20.0. The number of rotatable bonds is 4. The van der Waals surface area contributed by atoms with Gasteiger partial charge in [0.15, 0.2) is 0 Å². The van der Waals surface area contributed by atoms with Gasteiger partial charge in [-0.1, -0.05) is 19.8 Å². The molecular formula is C14H24O8. The topological polar surface area (TPSA) is 97.4 Å². The van der Waals surface area contributed by atoms with E-state index in [4.69, 9.17) is 4.74 Å². The van der Waals surface area contributed by atoms with Crippen molar-refractivity contribution in [3.05, 3.63) is 0 Å². The average molecular weight is 320 g/mol. The molecule has 128 valence electrons. The molecule has 0 saturated carbocycles. The summed E-state index contributed by atoms with van der Waals surface area (Å²) in [6.45, 7) is 7.16. The molecule has 1 atom stereocenters. The van der Waals surface area contributed by atoms with Gasteiger partial charge in [0.25, 0.3) is 0 Å². The second-order valence-electron chi connectivity index (χ2n) is 4.48. The maximum Gasteiger partial charge on any atom is 0.508 e. The van der Waals surface area contributed by atoms with E-state index in [9.17, 15) is 14.4 Å². The minimum absolute atomic E-state index is 0.0486. The van der Waals surface area contributed by atoms with Crippen molar-refractivity contribution >= 4 is 18.3 Å². The summed E-state index contributed by atoms with van der Waals surface area (Å²) in [6, 6.07) is 0. The van der Waals surface area contributed by atoms with Crippen molar-refractivity contribution in [3.8, 4) is 0 Å². The van der Waals surface area contributed by atoms with Crippen molar-refractivity contribution in [2.24, 2.45) is 0 Å². The van der Waals surface area contributed by atoms with Crippen LogP contribution in [0.3, 0.4) is 0 Å². The van der Waals surface area contributed by atoms with Crippen molar-refractivity contribution in [2.75, 3.05) is 26.4 Å². The first-order valence-corrected chi connectivity index (χ1v) is 7.22. The molecule has 0 spiro atoms. The Morgan fingerprint density at radius 3 is 2.05 bits per heavy atom. The minimum atomic E-state index is -0.549. The summed E-state index contributed by atoms with van der Waals surface area (Å²) in [5, 5.41) is 0. The lowest BCUT2D eigenvalue weighted by Crippen LogP contribution is -2.01. The fourth-order valence-electron chi connectivity index (χ4n) is 1.28. The van der Waals surface area contributed by atoms with Crippen LogP contribution in [0, 0.1) is 0 Å². The molecule has 0 amide bonds. The first-order chi connectivity index (χ1) is 10.5. The molecule has 0 aromatic heterocycles. The lowest BCUT2D eigenvalue weighted by atomic mass is 10.3. The molecule has 0 radical (unpaired) electrons. The van der Waals surface area contributed by atoms with Gasteiger partial charge in [0.2, 0.25) is 0 Å². The summed E-state index contributed by atoms with van der Waals surface area (Å²) in [7, 11) is 0. The average Bonchev–Trinajstić information content (AvgIpc) is 3.07. The van der Waals surface area contributed by atoms with Crippen LogP contribution in [0.5, 0.6) is 0 Å². The number of carbonyl (C=O) groups is 3. The SMILES string of the molecule is CC1COC(=O)O1.CCCCCOC(C)=O.O=C1OCCO1. The molecule has 0 aliphatic carbocycles. The number of esters is 1. The highest BCUT2D eigenvalue weighted by atomic mass is 16.8. The van der Waals surface area contributed by atoms with Gasteiger partial charge >= 0.3 is 18.3 Å². The molecule has 0 bridgehead atoms. The Morgan fingerprint density at radius 1 is 1.14 bits per heavy atom. The lowest BCUT2D eigenvalue weighted by molar-refractivity contribution is -0.141. The predicted molar refractivity (Wildman–Crippen MR) is 75.4 cm³/mol. The minimum Gasteiger partial charge on any atom is -0.466 e. The molecule has 2 heterocycles. The second kappa shape index (κ2) is 12.7. The third-order valence-electron chi connectivity index (χ3n) is 2.31. The Labute approximate surface area is 130 Å². The van der Waals surface area contributed by atoms with Gasteiger partial charge in [0.05, 0.1) is 6.61 Å². The highest BCUT2D eigenvalue weighted by molar-refractivity contribution is 5.65. The fourth-order valence-corrected chi connectivity index (χ4v) is 1.28. The molecule has 8 heteroatoms. The third kappa shape index (κ3) is 13.0. The fraction of sp³-hybridized carbons (Fsp3) is 0.786. The van der Waals surface area contributed by atoms with Crippen molar-refractivity contribution < 1.29 is 38.1 Å². The zero-order valence-electron chi connectivity index (χ0n) is 13.3. The van der Waals surface area contributed by atoms with Crippen LogP contribution in [0.1, 0.15) is 40.0 Å². The van der Waals surface area contributed by atoms with Gasteiger partial charge in [-0.05, 0) is 13.3 Å². The summed E-state index contributed by atoms with van der Waals surface area (Å²) in [5.74, 6) is -0.175. The summed E-state index contributed by atoms with van der Waals surface area (Å²) in [4.78, 5) is 30.0. The van der Waals surface area contributed by atoms with Crippen LogP contribution < -0.4 is 0 Å². The highest BCUT2D eigenvalue weighted by Gasteiger charge is 2.19. The summed E-state index contributed by atoms with van der Waals surface area (Å²) in [5.41, 5.74) is 0. The molecule has 2 rings (SSSR count). The van der Waals surface area contributed by atoms with E-state index in [0.717, 1.165) is 12.8 Å². The van der Waals surface area contributed by atoms with E-state index >= 15 is 0 Å². The number of unbranched alkanes of at least 4 members (excludes halogenated alkanes) is 2. The molecule has 8 nitrogen and oxygen atoms in total. The van der Waals surface area contributed by atoms with E-state index in [2.05, 4.69) is 25.9 Å². The number of hydrogen-bond donors (Lipinski definition) is 0. The molecule has 22 heavy (non-hydrogen) atoms. The molecule has 2 fully saturated rings. The summed E-state index contributed by atoms with van der Waals surface area (Å²) in [6.07, 6.45) is 2.17. The highest BCUT2D eigenvalue weighted by Crippen LogP contribution is 2.02.